The van der Waals surface area contributed by atoms with Gasteiger partial charge < -0.3 is 15.7 Å². The van der Waals surface area contributed by atoms with E-state index in [2.05, 4.69) is 20.6 Å². The minimum atomic E-state index is -0.0924. The summed E-state index contributed by atoms with van der Waals surface area (Å²) in [6, 6.07) is 7.63. The highest BCUT2D eigenvalue weighted by Gasteiger charge is 2.26. The summed E-state index contributed by atoms with van der Waals surface area (Å²) in [4.78, 5) is 9.08. The molecule has 1 fully saturated rings. The maximum Gasteiger partial charge on any atom is 0.225 e. The first-order valence-electron chi connectivity index (χ1n) is 7.84. The molecule has 122 valence electrons. The Labute approximate surface area is 141 Å². The van der Waals surface area contributed by atoms with Crippen molar-refractivity contribution < 1.29 is 5.11 Å². The van der Waals surface area contributed by atoms with Gasteiger partial charge in [-0.1, -0.05) is 17.7 Å². The Morgan fingerprint density at radius 1 is 1.30 bits per heavy atom. The van der Waals surface area contributed by atoms with E-state index >= 15 is 0 Å². The number of hydrogen-bond acceptors (Lipinski definition) is 5. The van der Waals surface area contributed by atoms with Crippen molar-refractivity contribution in [2.45, 2.75) is 38.6 Å². The van der Waals surface area contributed by atoms with Crippen LogP contribution in [0.4, 0.5) is 17.5 Å². The summed E-state index contributed by atoms with van der Waals surface area (Å²) in [6.07, 6.45) is 2.34. The number of aliphatic hydroxyl groups excluding tert-OH is 1. The van der Waals surface area contributed by atoms with Crippen molar-refractivity contribution in [3.8, 4) is 0 Å². The highest BCUT2D eigenvalue weighted by molar-refractivity contribution is 6.30. The third-order valence-electron chi connectivity index (χ3n) is 3.85. The second kappa shape index (κ2) is 6.72. The zero-order chi connectivity index (χ0) is 16.4. The van der Waals surface area contributed by atoms with Crippen molar-refractivity contribution in [2.24, 2.45) is 0 Å². The molecule has 23 heavy (non-hydrogen) atoms. The van der Waals surface area contributed by atoms with Crippen LogP contribution in [0.5, 0.6) is 0 Å². The zero-order valence-corrected chi connectivity index (χ0v) is 14.1. The maximum absolute atomic E-state index is 9.21. The molecular weight excluding hydrogens is 312 g/mol. The van der Waals surface area contributed by atoms with Gasteiger partial charge in [-0.25, -0.2) is 4.98 Å². The Kier molecular flexibility index (Phi) is 4.68. The first-order chi connectivity index (χ1) is 11.0. The van der Waals surface area contributed by atoms with Gasteiger partial charge in [0.1, 0.15) is 5.82 Å². The summed E-state index contributed by atoms with van der Waals surface area (Å²) >= 11 is 6.08. The lowest BCUT2D eigenvalue weighted by atomic mass is 10.2. The van der Waals surface area contributed by atoms with E-state index in [1.807, 2.05) is 38.1 Å². The van der Waals surface area contributed by atoms with Gasteiger partial charge in [0.05, 0.1) is 12.3 Å². The van der Waals surface area contributed by atoms with E-state index in [4.69, 9.17) is 11.6 Å². The highest BCUT2D eigenvalue weighted by Crippen LogP contribution is 2.40. The van der Waals surface area contributed by atoms with E-state index in [0.717, 1.165) is 22.8 Å². The lowest BCUT2D eigenvalue weighted by Crippen LogP contribution is -2.21. The quantitative estimate of drug-likeness (QED) is 0.749. The zero-order valence-electron chi connectivity index (χ0n) is 13.3. The van der Waals surface area contributed by atoms with Gasteiger partial charge >= 0.3 is 0 Å². The Hall–Kier alpha value is -1.85. The number of nitrogens with zero attached hydrogens (tertiary/aromatic N) is 2. The number of nitrogens with one attached hydrogen (secondary N) is 2. The number of aliphatic hydroxyl groups is 1. The molecule has 0 bridgehead atoms. The summed E-state index contributed by atoms with van der Waals surface area (Å²) in [5.41, 5.74) is 3.06. The molecule has 1 atom stereocenters. The average Bonchev–Trinajstić information content (AvgIpc) is 3.35. The van der Waals surface area contributed by atoms with Gasteiger partial charge in [0.2, 0.25) is 5.95 Å². The largest absolute Gasteiger partial charge is 0.394 e. The fourth-order valence-electron chi connectivity index (χ4n) is 2.32. The summed E-state index contributed by atoms with van der Waals surface area (Å²) < 4.78 is 0. The first kappa shape index (κ1) is 16.0. The van der Waals surface area contributed by atoms with Crippen LogP contribution >= 0.6 is 11.6 Å². The molecule has 6 heteroatoms. The highest BCUT2D eigenvalue weighted by atomic mass is 35.5. The number of hydrogen-bond donors (Lipinski definition) is 3. The van der Waals surface area contributed by atoms with E-state index in [1.54, 1.807) is 0 Å². The normalized spacial score (nSPS) is 15.3. The molecule has 2 aromatic rings. The fraction of sp³-hybridized carbons (Fsp3) is 0.412. The van der Waals surface area contributed by atoms with E-state index in [9.17, 15) is 5.11 Å². The number of aryl methyl sites for hydroxylation is 1. The second-order valence-corrected chi connectivity index (χ2v) is 6.52. The van der Waals surface area contributed by atoms with Gasteiger partial charge in [-0.05, 0) is 44.4 Å². The number of halogens is 1. The van der Waals surface area contributed by atoms with Gasteiger partial charge in [-0.2, -0.15) is 4.98 Å². The molecule has 3 rings (SSSR count). The minimum Gasteiger partial charge on any atom is -0.394 e. The van der Waals surface area contributed by atoms with Crippen LogP contribution in [0, 0.1) is 6.92 Å². The molecule has 1 aromatic heterocycles. The Morgan fingerprint density at radius 2 is 2.09 bits per heavy atom. The molecule has 3 N–H and O–H groups in total. The molecule has 1 aromatic carbocycles. The topological polar surface area (TPSA) is 70.1 Å². The van der Waals surface area contributed by atoms with Crippen LogP contribution in [0.2, 0.25) is 5.02 Å². The van der Waals surface area contributed by atoms with E-state index in [-0.39, 0.29) is 12.6 Å². The number of aromatic nitrogens is 2. The standard InChI is InChI=1S/C17H21ClN4O/c1-10-3-6-13(18)7-14(10)20-16-8-15(12-4-5-12)21-17(22-16)19-11(2)9-23/h3,6-8,11-12,23H,4-5,9H2,1-2H3,(H2,19,20,21,22)/t11-/m0/s1. The molecule has 0 amide bonds. The number of benzene rings is 1. The van der Waals surface area contributed by atoms with Crippen LogP contribution in [0.15, 0.2) is 24.3 Å². The summed E-state index contributed by atoms with van der Waals surface area (Å²) in [6.45, 7) is 3.95. The van der Waals surface area contributed by atoms with Gasteiger partial charge in [-0.15, -0.1) is 0 Å². The summed E-state index contributed by atoms with van der Waals surface area (Å²) in [5.74, 6) is 1.79. The van der Waals surface area contributed by atoms with Gasteiger partial charge in [0.25, 0.3) is 0 Å². The van der Waals surface area contributed by atoms with Crippen molar-refractivity contribution in [3.63, 3.8) is 0 Å². The van der Waals surface area contributed by atoms with Crippen LogP contribution in [0.1, 0.15) is 36.9 Å². The molecular formula is C17H21ClN4O. The van der Waals surface area contributed by atoms with E-state index in [0.29, 0.717) is 16.9 Å². The molecule has 5 nitrogen and oxygen atoms in total. The third-order valence-corrected chi connectivity index (χ3v) is 4.09. The van der Waals surface area contributed by atoms with Crippen LogP contribution in [-0.4, -0.2) is 27.7 Å². The molecule has 0 aliphatic heterocycles. The lowest BCUT2D eigenvalue weighted by Gasteiger charge is -2.15. The van der Waals surface area contributed by atoms with Crippen molar-refractivity contribution in [3.05, 3.63) is 40.5 Å². The Balaban J connectivity index is 1.89. The predicted octanol–water partition coefficient (Wildman–Crippen LogP) is 3.85. The van der Waals surface area contributed by atoms with Crippen LogP contribution in [0.3, 0.4) is 0 Å². The molecule has 0 radical (unpaired) electrons. The van der Waals surface area contributed by atoms with Crippen LogP contribution < -0.4 is 10.6 Å². The maximum atomic E-state index is 9.21. The number of rotatable bonds is 6. The summed E-state index contributed by atoms with van der Waals surface area (Å²) in [5, 5.41) is 16.4. The Morgan fingerprint density at radius 3 is 2.78 bits per heavy atom. The summed E-state index contributed by atoms with van der Waals surface area (Å²) in [7, 11) is 0. The second-order valence-electron chi connectivity index (χ2n) is 6.09. The molecule has 1 aliphatic carbocycles. The molecule has 0 saturated heterocycles. The average molecular weight is 333 g/mol. The van der Waals surface area contributed by atoms with Crippen LogP contribution in [-0.2, 0) is 0 Å². The SMILES string of the molecule is Cc1ccc(Cl)cc1Nc1cc(C2CC2)nc(N[C@@H](C)CO)n1. The minimum absolute atomic E-state index is 0.0349. The molecule has 0 spiro atoms. The molecule has 0 unspecified atom stereocenters. The van der Waals surface area contributed by atoms with Crippen molar-refractivity contribution in [1.82, 2.24) is 9.97 Å². The van der Waals surface area contributed by atoms with E-state index < -0.39 is 0 Å². The fourth-order valence-corrected chi connectivity index (χ4v) is 2.49. The number of anilines is 3. The smallest absolute Gasteiger partial charge is 0.225 e. The van der Waals surface area contributed by atoms with Gasteiger partial charge in [0, 0.05) is 28.7 Å². The third kappa shape index (κ3) is 4.12. The molecule has 1 aliphatic rings. The van der Waals surface area contributed by atoms with Gasteiger partial charge in [-0.3, -0.25) is 0 Å². The van der Waals surface area contributed by atoms with Crippen molar-refractivity contribution in [2.75, 3.05) is 17.2 Å². The van der Waals surface area contributed by atoms with Crippen molar-refractivity contribution in [1.29, 1.82) is 0 Å². The molecule has 1 saturated carbocycles. The van der Waals surface area contributed by atoms with Gasteiger partial charge in [0.15, 0.2) is 0 Å². The lowest BCUT2D eigenvalue weighted by molar-refractivity contribution is 0.281. The van der Waals surface area contributed by atoms with Crippen molar-refractivity contribution >= 4 is 29.1 Å². The monoisotopic (exact) mass is 332 g/mol. The van der Waals surface area contributed by atoms with E-state index in [1.165, 1.54) is 12.8 Å². The first-order valence-corrected chi connectivity index (χ1v) is 8.22. The van der Waals surface area contributed by atoms with Crippen LogP contribution in [0.25, 0.3) is 0 Å². The predicted molar refractivity (Wildman–Crippen MR) is 93.6 cm³/mol. The molecule has 1 heterocycles. The Bertz CT molecular complexity index is 703.